The van der Waals surface area contributed by atoms with Crippen molar-refractivity contribution >= 4 is 6.40 Å². The largest absolute Gasteiger partial charge is 0.326 e. The Hall–Kier alpha value is -0.570. The van der Waals surface area contributed by atoms with Gasteiger partial charge in [-0.25, -0.2) is 0 Å². The Morgan fingerprint density at radius 2 is 2.27 bits per heavy atom. The van der Waals surface area contributed by atoms with Crippen LogP contribution in [0.1, 0.15) is 26.2 Å². The van der Waals surface area contributed by atoms with Gasteiger partial charge < -0.3 is 4.89 Å². The summed E-state index contributed by atoms with van der Waals surface area (Å²) in [5.74, 6) is 0.819. The maximum Gasteiger partial charge on any atom is 0.215 e. The van der Waals surface area contributed by atoms with Gasteiger partial charge in [-0.05, 0) is 25.2 Å². The summed E-state index contributed by atoms with van der Waals surface area (Å²) in [7, 11) is 1.48. The zero-order valence-electron chi connectivity index (χ0n) is 7.12. The molecule has 3 nitrogen and oxygen atoms in total. The molecule has 0 aliphatic heterocycles. The summed E-state index contributed by atoms with van der Waals surface area (Å²) in [6.45, 7) is 2.26. The minimum atomic E-state index is 0.458. The minimum absolute atomic E-state index is 0.458. The molecule has 1 fully saturated rings. The molecule has 1 rings (SSSR count). The van der Waals surface area contributed by atoms with Gasteiger partial charge in [0.25, 0.3) is 0 Å². The first-order chi connectivity index (χ1) is 5.33. The average molecular weight is 157 g/mol. The Labute approximate surface area is 67.3 Å². The molecule has 0 N–H and O–H groups in total. The summed E-state index contributed by atoms with van der Waals surface area (Å²) in [5.41, 5.74) is 0. The Bertz CT molecular complexity index is 136. The molecule has 11 heavy (non-hydrogen) atoms. The van der Waals surface area contributed by atoms with Crippen LogP contribution >= 0.6 is 0 Å². The van der Waals surface area contributed by atoms with Crippen molar-refractivity contribution in [3.63, 3.8) is 0 Å². The molecule has 3 heteroatoms. The average Bonchev–Trinajstić information content (AvgIpc) is 2.37. The monoisotopic (exact) mass is 157 g/mol. The SMILES string of the molecule is COOC=N[C@@H]1CC[C@H](C)C1. The van der Waals surface area contributed by atoms with Gasteiger partial charge in [0.1, 0.15) is 0 Å². The topological polar surface area (TPSA) is 30.8 Å². The van der Waals surface area contributed by atoms with Gasteiger partial charge >= 0.3 is 0 Å². The van der Waals surface area contributed by atoms with E-state index >= 15 is 0 Å². The molecule has 0 aromatic heterocycles. The van der Waals surface area contributed by atoms with Crippen molar-refractivity contribution in [1.29, 1.82) is 0 Å². The van der Waals surface area contributed by atoms with Gasteiger partial charge in [-0.2, -0.15) is 4.89 Å². The lowest BCUT2D eigenvalue weighted by molar-refractivity contribution is -0.188. The van der Waals surface area contributed by atoms with Crippen LogP contribution in [-0.2, 0) is 9.78 Å². The van der Waals surface area contributed by atoms with E-state index < -0.39 is 0 Å². The number of nitrogens with zero attached hydrogens (tertiary/aromatic N) is 1. The van der Waals surface area contributed by atoms with Crippen LogP contribution in [0.15, 0.2) is 4.99 Å². The summed E-state index contributed by atoms with van der Waals surface area (Å²) < 4.78 is 0. The number of hydrogen-bond donors (Lipinski definition) is 0. The lowest BCUT2D eigenvalue weighted by Crippen LogP contribution is -1.98. The lowest BCUT2D eigenvalue weighted by Gasteiger charge is -2.00. The van der Waals surface area contributed by atoms with Crippen LogP contribution in [0.3, 0.4) is 0 Å². The van der Waals surface area contributed by atoms with Gasteiger partial charge in [-0.3, -0.25) is 4.99 Å². The molecular formula is C8H15NO2. The van der Waals surface area contributed by atoms with E-state index in [4.69, 9.17) is 0 Å². The molecule has 0 aromatic rings. The van der Waals surface area contributed by atoms with Crippen LogP contribution < -0.4 is 0 Å². The van der Waals surface area contributed by atoms with Crippen LogP contribution in [0, 0.1) is 5.92 Å². The number of hydrogen-bond acceptors (Lipinski definition) is 3. The summed E-state index contributed by atoms with van der Waals surface area (Å²) in [6, 6.07) is 0.458. The van der Waals surface area contributed by atoms with Crippen LogP contribution in [0.5, 0.6) is 0 Å². The molecule has 0 aromatic carbocycles. The Kier molecular flexibility index (Phi) is 3.36. The van der Waals surface area contributed by atoms with Crippen LogP contribution in [0.25, 0.3) is 0 Å². The van der Waals surface area contributed by atoms with Crippen molar-refractivity contribution in [2.45, 2.75) is 32.2 Å². The van der Waals surface area contributed by atoms with Crippen LogP contribution in [0.2, 0.25) is 0 Å². The van der Waals surface area contributed by atoms with E-state index in [9.17, 15) is 0 Å². The first-order valence-corrected chi connectivity index (χ1v) is 4.04. The molecule has 0 spiro atoms. The van der Waals surface area contributed by atoms with Crippen molar-refractivity contribution in [3.8, 4) is 0 Å². The second-order valence-electron chi connectivity index (χ2n) is 3.09. The van der Waals surface area contributed by atoms with E-state index in [0.717, 1.165) is 5.92 Å². The van der Waals surface area contributed by atoms with Gasteiger partial charge in [0.15, 0.2) is 0 Å². The molecule has 1 aliphatic rings. The fourth-order valence-electron chi connectivity index (χ4n) is 1.47. The van der Waals surface area contributed by atoms with E-state index in [1.54, 1.807) is 0 Å². The van der Waals surface area contributed by atoms with Gasteiger partial charge in [-0.15, -0.1) is 0 Å². The fraction of sp³-hybridized carbons (Fsp3) is 0.875. The lowest BCUT2D eigenvalue weighted by atomic mass is 10.1. The first-order valence-electron chi connectivity index (χ1n) is 4.04. The fourth-order valence-corrected chi connectivity index (χ4v) is 1.47. The summed E-state index contributed by atoms with van der Waals surface area (Å²) in [6.07, 6.45) is 5.05. The second-order valence-corrected chi connectivity index (χ2v) is 3.09. The normalized spacial score (nSPS) is 31.5. The first kappa shape index (κ1) is 8.53. The third kappa shape index (κ3) is 2.89. The van der Waals surface area contributed by atoms with Crippen LogP contribution in [-0.4, -0.2) is 19.6 Å². The molecule has 0 bridgehead atoms. The zero-order chi connectivity index (χ0) is 8.10. The molecule has 1 saturated carbocycles. The highest BCUT2D eigenvalue weighted by Gasteiger charge is 2.19. The molecule has 0 heterocycles. The minimum Gasteiger partial charge on any atom is -0.326 e. The third-order valence-electron chi connectivity index (χ3n) is 2.08. The maximum atomic E-state index is 4.54. The van der Waals surface area contributed by atoms with Crippen molar-refractivity contribution in [2.75, 3.05) is 7.11 Å². The van der Waals surface area contributed by atoms with Crippen molar-refractivity contribution < 1.29 is 9.78 Å². The van der Waals surface area contributed by atoms with E-state index in [0.29, 0.717) is 6.04 Å². The van der Waals surface area contributed by atoms with Gasteiger partial charge in [0.2, 0.25) is 6.40 Å². The van der Waals surface area contributed by atoms with Crippen molar-refractivity contribution in [2.24, 2.45) is 10.9 Å². The molecular weight excluding hydrogens is 142 g/mol. The molecule has 0 radical (unpaired) electrons. The van der Waals surface area contributed by atoms with E-state index in [2.05, 4.69) is 21.7 Å². The highest BCUT2D eigenvalue weighted by atomic mass is 17.2. The third-order valence-corrected chi connectivity index (χ3v) is 2.08. The predicted molar refractivity (Wildman–Crippen MR) is 43.4 cm³/mol. The van der Waals surface area contributed by atoms with E-state index in [1.807, 2.05) is 0 Å². The quantitative estimate of drug-likeness (QED) is 0.270. The van der Waals surface area contributed by atoms with Crippen LogP contribution in [0.4, 0.5) is 0 Å². The van der Waals surface area contributed by atoms with Gasteiger partial charge in [-0.1, -0.05) is 6.92 Å². The van der Waals surface area contributed by atoms with Crippen molar-refractivity contribution in [1.82, 2.24) is 0 Å². The summed E-state index contributed by atoms with van der Waals surface area (Å²) in [4.78, 5) is 13.1. The Morgan fingerprint density at radius 1 is 1.45 bits per heavy atom. The molecule has 2 atom stereocenters. The number of rotatable bonds is 3. The molecule has 0 amide bonds. The highest BCUT2D eigenvalue weighted by molar-refractivity contribution is 5.45. The second kappa shape index (κ2) is 4.34. The molecule has 0 saturated heterocycles. The van der Waals surface area contributed by atoms with Gasteiger partial charge in [0.05, 0.1) is 13.2 Å². The van der Waals surface area contributed by atoms with Gasteiger partial charge in [0, 0.05) is 0 Å². The summed E-state index contributed by atoms with van der Waals surface area (Å²) in [5, 5.41) is 0. The summed E-state index contributed by atoms with van der Waals surface area (Å²) >= 11 is 0. The standard InChI is InChI=1S/C8H15NO2/c1-7-3-4-8(5-7)9-6-11-10-2/h6-8H,3-5H2,1-2H3/t7-,8+/m0/s1. The Morgan fingerprint density at radius 3 is 2.82 bits per heavy atom. The number of aliphatic imine (C=N–C) groups is 1. The maximum absolute atomic E-state index is 4.54. The molecule has 1 aliphatic carbocycles. The van der Waals surface area contributed by atoms with Crippen molar-refractivity contribution in [3.05, 3.63) is 0 Å². The molecule has 0 unspecified atom stereocenters. The highest BCUT2D eigenvalue weighted by Crippen LogP contribution is 2.26. The predicted octanol–water partition coefficient (Wildman–Crippen LogP) is 1.78. The Balaban J connectivity index is 2.17. The van der Waals surface area contributed by atoms with E-state index in [-0.39, 0.29) is 0 Å². The zero-order valence-corrected chi connectivity index (χ0v) is 7.12. The smallest absolute Gasteiger partial charge is 0.215 e. The molecule has 64 valence electrons. The van der Waals surface area contributed by atoms with E-state index in [1.165, 1.54) is 32.8 Å².